The van der Waals surface area contributed by atoms with Gasteiger partial charge in [0.05, 0.1) is 18.8 Å². The summed E-state index contributed by atoms with van der Waals surface area (Å²) < 4.78 is 0. The minimum absolute atomic E-state index is 0.0920. The summed E-state index contributed by atoms with van der Waals surface area (Å²) in [4.78, 5) is 12.5. The average Bonchev–Trinajstić information content (AvgIpc) is 3.43. The van der Waals surface area contributed by atoms with Crippen LogP contribution in [0.15, 0.2) is 146 Å². The Balaban J connectivity index is 3.64. The van der Waals surface area contributed by atoms with Crippen molar-refractivity contribution in [3.05, 3.63) is 146 Å². The highest BCUT2D eigenvalue weighted by atomic mass is 16.3. The summed E-state index contributed by atoms with van der Waals surface area (Å²) in [6, 6.07) is -0.660. The predicted octanol–water partition coefficient (Wildman–Crippen LogP) is 22.3. The molecule has 0 aliphatic rings. The van der Waals surface area contributed by atoms with Crippen molar-refractivity contribution in [3.63, 3.8) is 0 Å². The third-order valence-corrected chi connectivity index (χ3v) is 14.1. The van der Waals surface area contributed by atoms with Crippen molar-refractivity contribution < 1.29 is 15.0 Å². The maximum Gasteiger partial charge on any atom is 0.220 e. The molecule has 0 aliphatic carbocycles. The third kappa shape index (κ3) is 63.0. The number of unbranched alkanes of at least 4 members (excludes halogenated alkanes) is 29. The second-order valence-electron chi connectivity index (χ2n) is 21.4. The van der Waals surface area contributed by atoms with Gasteiger partial charge in [-0.3, -0.25) is 4.79 Å². The molecule has 0 aromatic carbocycles. The Hall–Kier alpha value is -3.73. The molecule has 0 radical (unpaired) electrons. The minimum Gasteiger partial charge on any atom is -0.394 e. The predicted molar refractivity (Wildman–Crippen MR) is 345 cm³/mol. The van der Waals surface area contributed by atoms with Crippen molar-refractivity contribution in [2.24, 2.45) is 0 Å². The number of amides is 1. The van der Waals surface area contributed by atoms with Gasteiger partial charge in [-0.05, 0) is 109 Å². The fourth-order valence-corrected chi connectivity index (χ4v) is 9.17. The fourth-order valence-electron chi connectivity index (χ4n) is 9.17. The van der Waals surface area contributed by atoms with E-state index in [1.807, 2.05) is 6.08 Å². The van der Waals surface area contributed by atoms with Crippen LogP contribution in [0.25, 0.3) is 0 Å². The molecule has 4 nitrogen and oxygen atoms in total. The van der Waals surface area contributed by atoms with Crippen LogP contribution in [-0.2, 0) is 4.79 Å². The van der Waals surface area contributed by atoms with E-state index in [0.717, 1.165) is 109 Å². The van der Waals surface area contributed by atoms with E-state index < -0.39 is 12.1 Å². The Morgan fingerprint density at radius 2 is 0.584 bits per heavy atom. The number of aliphatic hydroxyl groups excluding tert-OH is 2. The number of carbonyl (C=O) groups is 1. The zero-order valence-electron chi connectivity index (χ0n) is 50.4. The number of allylic oxidation sites excluding steroid dienone is 23. The van der Waals surface area contributed by atoms with Crippen LogP contribution in [0.1, 0.15) is 290 Å². The van der Waals surface area contributed by atoms with Gasteiger partial charge in [0, 0.05) is 6.42 Å². The molecule has 438 valence electrons. The van der Waals surface area contributed by atoms with Gasteiger partial charge in [-0.1, -0.05) is 320 Å². The van der Waals surface area contributed by atoms with Gasteiger partial charge in [-0.2, -0.15) is 0 Å². The molecule has 0 fully saturated rings. The van der Waals surface area contributed by atoms with Gasteiger partial charge in [0.25, 0.3) is 0 Å². The molecule has 0 rings (SSSR count). The molecule has 4 heteroatoms. The van der Waals surface area contributed by atoms with Crippen molar-refractivity contribution in [3.8, 4) is 0 Å². The highest BCUT2D eigenvalue weighted by Crippen LogP contribution is 2.16. The number of nitrogens with one attached hydrogen (secondary N) is 1. The zero-order valence-corrected chi connectivity index (χ0v) is 50.4. The van der Waals surface area contributed by atoms with E-state index in [9.17, 15) is 15.0 Å². The summed E-state index contributed by atoms with van der Waals surface area (Å²) in [7, 11) is 0. The Labute approximate surface area is 478 Å². The van der Waals surface area contributed by atoms with E-state index in [-0.39, 0.29) is 12.5 Å². The van der Waals surface area contributed by atoms with E-state index in [1.54, 1.807) is 6.08 Å². The lowest BCUT2D eigenvalue weighted by molar-refractivity contribution is -0.123. The van der Waals surface area contributed by atoms with E-state index in [2.05, 4.69) is 153 Å². The summed E-state index contributed by atoms with van der Waals surface area (Å²) in [6.07, 6.45) is 105. The number of hydrogen-bond acceptors (Lipinski definition) is 3. The van der Waals surface area contributed by atoms with Gasteiger partial charge in [0.2, 0.25) is 5.91 Å². The maximum atomic E-state index is 12.5. The van der Waals surface area contributed by atoms with Gasteiger partial charge in [0.15, 0.2) is 0 Å². The monoisotopic (exact) mass is 1060 g/mol. The highest BCUT2D eigenvalue weighted by Gasteiger charge is 2.18. The largest absolute Gasteiger partial charge is 0.394 e. The van der Waals surface area contributed by atoms with Gasteiger partial charge in [-0.25, -0.2) is 0 Å². The first-order valence-corrected chi connectivity index (χ1v) is 32.5. The number of rotatable bonds is 58. The van der Waals surface area contributed by atoms with Crippen molar-refractivity contribution in [2.45, 2.75) is 302 Å². The average molecular weight is 1060 g/mol. The van der Waals surface area contributed by atoms with Crippen LogP contribution in [-0.4, -0.2) is 34.9 Å². The Morgan fingerprint density at radius 1 is 0.325 bits per heavy atom. The fraction of sp³-hybridized carbons (Fsp3) is 0.658. The molecule has 1 amide bonds. The number of aliphatic hydroxyl groups is 2. The van der Waals surface area contributed by atoms with E-state index in [0.29, 0.717) is 6.42 Å². The first-order valence-electron chi connectivity index (χ1n) is 32.5. The lowest BCUT2D eigenvalue weighted by Gasteiger charge is -2.19. The Morgan fingerprint density at radius 3 is 0.909 bits per heavy atom. The topological polar surface area (TPSA) is 69.6 Å². The molecule has 0 saturated heterocycles. The van der Waals surface area contributed by atoms with Gasteiger partial charge in [-0.15, -0.1) is 0 Å². The van der Waals surface area contributed by atoms with Crippen LogP contribution in [0.2, 0.25) is 0 Å². The molecule has 0 bridgehead atoms. The molecular formula is C73H123NO3. The number of hydrogen-bond donors (Lipinski definition) is 3. The van der Waals surface area contributed by atoms with Gasteiger partial charge >= 0.3 is 0 Å². The summed E-state index contributed by atoms with van der Waals surface area (Å²) >= 11 is 0. The standard InChI is InChI=1S/C73H123NO3/c1-3-5-7-9-11-13-15-17-19-21-23-25-27-29-31-33-34-35-36-37-38-39-40-41-43-45-47-49-51-53-55-57-59-61-63-65-67-69-73(77)74-71(70-75)72(76)68-66-64-62-60-58-56-54-52-50-48-46-44-42-32-30-28-26-24-22-20-18-16-14-12-10-8-6-4-2/h5,7,11,13,17,19,23,25,29,31,34-35,37-38,40-41,45,47,51,53,58,60,66,68,71-72,75-76H,3-4,6,8-10,12,14-16,18,20-22,24,26-28,30,32-33,36,39,42-44,46,48-50,52,54-57,59,61-65,67,69-70H2,1-2H3,(H,74,77)/b7-5-,13-11-,19-17-,25-23-,31-29-,35-34-,38-37-,41-40-,47-45-,53-51-,60-58+,68-66+. The normalized spacial score (nSPS) is 13.8. The zero-order chi connectivity index (χ0) is 55.5. The van der Waals surface area contributed by atoms with Crippen LogP contribution in [0, 0.1) is 0 Å². The summed E-state index contributed by atoms with van der Waals surface area (Å²) in [5.41, 5.74) is 0. The van der Waals surface area contributed by atoms with Crippen LogP contribution < -0.4 is 5.32 Å². The minimum atomic E-state index is -0.881. The first kappa shape index (κ1) is 73.3. The first-order chi connectivity index (χ1) is 38.2. The lowest BCUT2D eigenvalue weighted by Crippen LogP contribution is -2.45. The molecule has 3 N–H and O–H groups in total. The molecule has 0 aliphatic heterocycles. The number of carbonyl (C=O) groups excluding carboxylic acids is 1. The lowest BCUT2D eigenvalue weighted by atomic mass is 10.0. The van der Waals surface area contributed by atoms with E-state index >= 15 is 0 Å². The second kappa shape index (κ2) is 66.5. The van der Waals surface area contributed by atoms with Crippen LogP contribution in [0.3, 0.4) is 0 Å². The summed E-state index contributed by atoms with van der Waals surface area (Å²) in [5.74, 6) is -0.0920. The smallest absolute Gasteiger partial charge is 0.220 e. The third-order valence-electron chi connectivity index (χ3n) is 14.1. The summed E-state index contributed by atoms with van der Waals surface area (Å²) in [5, 5.41) is 23.2. The highest BCUT2D eigenvalue weighted by molar-refractivity contribution is 5.76. The van der Waals surface area contributed by atoms with E-state index in [1.165, 1.54) is 161 Å². The summed E-state index contributed by atoms with van der Waals surface area (Å²) in [6.45, 7) is 4.19. The van der Waals surface area contributed by atoms with Gasteiger partial charge in [0.1, 0.15) is 0 Å². The van der Waals surface area contributed by atoms with Crippen molar-refractivity contribution in [1.82, 2.24) is 5.32 Å². The maximum absolute atomic E-state index is 12.5. The van der Waals surface area contributed by atoms with Crippen LogP contribution in [0.5, 0.6) is 0 Å². The molecule has 0 spiro atoms. The molecule has 0 aromatic heterocycles. The van der Waals surface area contributed by atoms with Crippen molar-refractivity contribution in [2.75, 3.05) is 6.61 Å². The SMILES string of the molecule is CC/C=C\C/C=C\C/C=C\C/C=C\C/C=C\C/C=C\C/C=C\C/C=C\C/C=C\C/C=C\CCCCCCCCC(=O)NC(CO)C(O)/C=C/CC/C=C/CCCCCCCCCCCCCCCCCCCCCCCC. The molecule has 77 heavy (non-hydrogen) atoms. The molecule has 0 heterocycles. The molecule has 2 unspecified atom stereocenters. The Kier molecular flexibility index (Phi) is 63.3. The van der Waals surface area contributed by atoms with Gasteiger partial charge < -0.3 is 15.5 Å². The van der Waals surface area contributed by atoms with Crippen molar-refractivity contribution in [1.29, 1.82) is 0 Å². The van der Waals surface area contributed by atoms with Crippen LogP contribution >= 0.6 is 0 Å². The van der Waals surface area contributed by atoms with Crippen LogP contribution in [0.4, 0.5) is 0 Å². The van der Waals surface area contributed by atoms with E-state index in [4.69, 9.17) is 0 Å². The quantitative estimate of drug-likeness (QED) is 0.0420. The molecule has 2 atom stereocenters. The molecule has 0 aromatic rings. The second-order valence-corrected chi connectivity index (χ2v) is 21.4. The van der Waals surface area contributed by atoms with Crippen molar-refractivity contribution >= 4 is 5.91 Å². The Bertz CT molecular complexity index is 1580. The molecule has 0 saturated carbocycles. The molecular weight excluding hydrogens is 939 g/mol.